The zero-order valence-corrected chi connectivity index (χ0v) is 14.0. The number of hydrogen-bond acceptors (Lipinski definition) is 4. The van der Waals surface area contributed by atoms with Gasteiger partial charge in [0.15, 0.2) is 9.84 Å². The van der Waals surface area contributed by atoms with E-state index in [1.165, 1.54) is 0 Å². The van der Waals surface area contributed by atoms with Crippen LogP contribution in [0.5, 0.6) is 0 Å². The maximum Gasteiger partial charge on any atom is 0.231 e. The zero-order chi connectivity index (χ0) is 16.7. The van der Waals surface area contributed by atoms with Crippen LogP contribution in [0.4, 0.5) is 5.69 Å². The van der Waals surface area contributed by atoms with Gasteiger partial charge in [-0.15, -0.1) is 0 Å². The molecule has 1 amide bonds. The summed E-state index contributed by atoms with van der Waals surface area (Å²) < 4.78 is 25.4. The lowest BCUT2D eigenvalue weighted by Gasteiger charge is -2.36. The Morgan fingerprint density at radius 2 is 2.04 bits per heavy atom. The Bertz CT molecular complexity index is 861. The van der Waals surface area contributed by atoms with Crippen LogP contribution in [0.2, 0.25) is 0 Å². The first-order chi connectivity index (χ1) is 11.5. The molecule has 0 bridgehead atoms. The first-order valence-corrected chi connectivity index (χ1v) is 9.94. The smallest absolute Gasteiger partial charge is 0.231 e. The minimum absolute atomic E-state index is 0.0308. The van der Waals surface area contributed by atoms with Crippen molar-refractivity contribution >= 4 is 21.4 Å². The number of anilines is 1. The molecule has 0 radical (unpaired) electrons. The van der Waals surface area contributed by atoms with Gasteiger partial charge in [0.1, 0.15) is 0 Å². The monoisotopic (exact) mass is 345 g/mol. The molecule has 1 aromatic carbocycles. The second-order valence-corrected chi connectivity index (χ2v) is 8.75. The van der Waals surface area contributed by atoms with Gasteiger partial charge >= 0.3 is 0 Å². The Balaban J connectivity index is 1.67. The van der Waals surface area contributed by atoms with E-state index in [4.69, 9.17) is 0 Å². The SMILES string of the molecule is O=C(C1CCS(=O)(=O)C1)N1CC(n2cccn2)Cc2ccccc21. The molecule has 0 spiro atoms. The highest BCUT2D eigenvalue weighted by Crippen LogP contribution is 2.34. The lowest BCUT2D eigenvalue weighted by atomic mass is 9.96. The second kappa shape index (κ2) is 5.73. The highest BCUT2D eigenvalue weighted by molar-refractivity contribution is 7.91. The van der Waals surface area contributed by atoms with Gasteiger partial charge in [0.2, 0.25) is 5.91 Å². The van der Waals surface area contributed by atoms with E-state index in [0.717, 1.165) is 17.7 Å². The van der Waals surface area contributed by atoms with Crippen molar-refractivity contribution < 1.29 is 13.2 Å². The quantitative estimate of drug-likeness (QED) is 0.826. The Morgan fingerprint density at radius 3 is 2.75 bits per heavy atom. The van der Waals surface area contributed by atoms with Gasteiger partial charge in [-0.05, 0) is 30.5 Å². The van der Waals surface area contributed by atoms with Crippen LogP contribution in [-0.4, -0.2) is 42.2 Å². The van der Waals surface area contributed by atoms with Crippen LogP contribution in [0, 0.1) is 5.92 Å². The van der Waals surface area contributed by atoms with Crippen molar-refractivity contribution in [3.8, 4) is 0 Å². The second-order valence-electron chi connectivity index (χ2n) is 6.52. The van der Waals surface area contributed by atoms with Crippen molar-refractivity contribution in [1.82, 2.24) is 9.78 Å². The first-order valence-electron chi connectivity index (χ1n) is 8.12. The number of rotatable bonds is 2. The Morgan fingerprint density at radius 1 is 1.21 bits per heavy atom. The molecule has 1 aromatic heterocycles. The van der Waals surface area contributed by atoms with Gasteiger partial charge in [0, 0.05) is 24.6 Å². The predicted molar refractivity (Wildman–Crippen MR) is 90.5 cm³/mol. The van der Waals surface area contributed by atoms with E-state index in [1.807, 2.05) is 41.2 Å². The van der Waals surface area contributed by atoms with Gasteiger partial charge in [-0.3, -0.25) is 9.48 Å². The summed E-state index contributed by atoms with van der Waals surface area (Å²) in [4.78, 5) is 14.8. The number of fused-ring (bicyclic) bond motifs is 1. The summed E-state index contributed by atoms with van der Waals surface area (Å²) >= 11 is 0. The van der Waals surface area contributed by atoms with Crippen molar-refractivity contribution in [2.45, 2.75) is 18.9 Å². The van der Waals surface area contributed by atoms with Gasteiger partial charge < -0.3 is 4.90 Å². The lowest BCUT2D eigenvalue weighted by Crippen LogP contribution is -2.44. The number of sulfone groups is 1. The number of para-hydroxylation sites is 1. The third-order valence-corrected chi connectivity index (χ3v) is 6.65. The molecule has 3 heterocycles. The van der Waals surface area contributed by atoms with Gasteiger partial charge in [-0.2, -0.15) is 5.10 Å². The molecule has 0 aliphatic carbocycles. The van der Waals surface area contributed by atoms with E-state index < -0.39 is 15.8 Å². The molecule has 2 aliphatic rings. The number of hydrogen-bond donors (Lipinski definition) is 0. The summed E-state index contributed by atoms with van der Waals surface area (Å²) in [6, 6.07) is 9.78. The minimum Gasteiger partial charge on any atom is -0.310 e. The van der Waals surface area contributed by atoms with Crippen LogP contribution in [0.15, 0.2) is 42.7 Å². The molecule has 2 atom stereocenters. The number of nitrogens with zero attached hydrogens (tertiary/aromatic N) is 3. The van der Waals surface area contributed by atoms with Crippen LogP contribution in [-0.2, 0) is 21.1 Å². The normalized spacial score (nSPS) is 25.4. The van der Waals surface area contributed by atoms with Gasteiger partial charge in [0.25, 0.3) is 0 Å². The van der Waals surface area contributed by atoms with Crippen LogP contribution < -0.4 is 4.90 Å². The molecule has 2 aromatic rings. The van der Waals surface area contributed by atoms with Gasteiger partial charge in [-0.25, -0.2) is 8.42 Å². The topological polar surface area (TPSA) is 72.3 Å². The van der Waals surface area contributed by atoms with Crippen LogP contribution in [0.25, 0.3) is 0 Å². The van der Waals surface area contributed by atoms with Crippen LogP contribution in [0.1, 0.15) is 18.0 Å². The molecule has 24 heavy (non-hydrogen) atoms. The molecule has 0 saturated carbocycles. The third-order valence-electron chi connectivity index (χ3n) is 4.88. The molecule has 6 nitrogen and oxygen atoms in total. The molecule has 2 unspecified atom stereocenters. The fourth-order valence-electron chi connectivity index (χ4n) is 3.67. The van der Waals surface area contributed by atoms with Crippen LogP contribution in [0.3, 0.4) is 0 Å². The molecule has 1 saturated heterocycles. The van der Waals surface area contributed by atoms with Crippen molar-refractivity contribution in [2.75, 3.05) is 23.0 Å². The standard InChI is InChI=1S/C17H19N3O3S/c21-17(14-6-9-24(22,23)12-14)19-11-15(20-8-3-7-18-20)10-13-4-1-2-5-16(13)19/h1-5,7-8,14-15H,6,9-12H2. The highest BCUT2D eigenvalue weighted by Gasteiger charge is 2.38. The Labute approximate surface area is 141 Å². The van der Waals surface area contributed by atoms with E-state index in [1.54, 1.807) is 11.1 Å². The largest absolute Gasteiger partial charge is 0.310 e. The maximum atomic E-state index is 13.0. The minimum atomic E-state index is -3.08. The van der Waals surface area contributed by atoms with Gasteiger partial charge in [0.05, 0.1) is 23.5 Å². The zero-order valence-electron chi connectivity index (χ0n) is 13.2. The fraction of sp³-hybridized carbons (Fsp3) is 0.412. The summed E-state index contributed by atoms with van der Waals surface area (Å²) in [6.07, 6.45) is 4.87. The molecule has 1 fully saturated rings. The predicted octanol–water partition coefficient (Wildman–Crippen LogP) is 1.45. The third kappa shape index (κ3) is 2.73. The Kier molecular flexibility index (Phi) is 3.68. The molecule has 0 N–H and O–H groups in total. The van der Waals surface area contributed by atoms with Crippen LogP contribution >= 0.6 is 0 Å². The molecule has 2 aliphatic heterocycles. The van der Waals surface area contributed by atoms with E-state index in [9.17, 15) is 13.2 Å². The summed E-state index contributed by atoms with van der Waals surface area (Å²) in [5.41, 5.74) is 1.99. The van der Waals surface area contributed by atoms with Crippen molar-refractivity contribution in [2.24, 2.45) is 5.92 Å². The summed E-state index contributed by atoms with van der Waals surface area (Å²) in [5, 5.41) is 4.31. The number of amides is 1. The number of carbonyl (C=O) groups excluding carboxylic acids is 1. The van der Waals surface area contributed by atoms with E-state index >= 15 is 0 Å². The van der Waals surface area contributed by atoms with Crippen molar-refractivity contribution in [3.05, 3.63) is 48.3 Å². The summed E-state index contributed by atoms with van der Waals surface area (Å²) in [6.45, 7) is 0.522. The molecule has 7 heteroatoms. The van der Waals surface area contributed by atoms with Crippen molar-refractivity contribution in [3.63, 3.8) is 0 Å². The number of benzene rings is 1. The molecular formula is C17H19N3O3S. The summed E-state index contributed by atoms with van der Waals surface area (Å²) in [5.74, 6) is -0.432. The number of aromatic nitrogens is 2. The first kappa shape index (κ1) is 15.4. The number of carbonyl (C=O) groups is 1. The van der Waals surface area contributed by atoms with Gasteiger partial charge in [-0.1, -0.05) is 18.2 Å². The highest BCUT2D eigenvalue weighted by atomic mass is 32.2. The van der Waals surface area contributed by atoms with Crippen molar-refractivity contribution in [1.29, 1.82) is 0 Å². The maximum absolute atomic E-state index is 13.0. The van der Waals surface area contributed by atoms with E-state index in [2.05, 4.69) is 5.10 Å². The van der Waals surface area contributed by atoms with E-state index in [0.29, 0.717) is 13.0 Å². The molecular weight excluding hydrogens is 326 g/mol. The lowest BCUT2D eigenvalue weighted by molar-refractivity contribution is -0.121. The fourth-order valence-corrected chi connectivity index (χ4v) is 5.40. The summed E-state index contributed by atoms with van der Waals surface area (Å²) in [7, 11) is -3.08. The average Bonchev–Trinajstić information content (AvgIpc) is 3.22. The van der Waals surface area contributed by atoms with E-state index in [-0.39, 0.29) is 23.5 Å². The Hall–Kier alpha value is -2.15. The molecule has 126 valence electrons. The molecule has 4 rings (SSSR count). The average molecular weight is 345 g/mol.